The third-order valence-corrected chi connectivity index (χ3v) is 7.22. The van der Waals surface area contributed by atoms with E-state index in [0.29, 0.717) is 36.1 Å². The maximum Gasteiger partial charge on any atom is 0.435 e. The maximum atomic E-state index is 13.7. The van der Waals surface area contributed by atoms with Gasteiger partial charge in [-0.25, -0.2) is 9.97 Å². The van der Waals surface area contributed by atoms with Gasteiger partial charge in [0, 0.05) is 41.9 Å². The third-order valence-electron chi connectivity index (χ3n) is 7.22. The second-order valence-corrected chi connectivity index (χ2v) is 10.3. The molecule has 0 aliphatic heterocycles. The molecular weight excluding hydrogens is 565 g/mol. The minimum atomic E-state index is -4.74. The first-order chi connectivity index (χ1) is 20.5. The molecule has 3 aromatic heterocycles. The van der Waals surface area contributed by atoms with Crippen molar-refractivity contribution in [2.24, 2.45) is 5.73 Å². The smallest absolute Gasteiger partial charge is 0.351 e. The lowest BCUT2D eigenvalue weighted by Crippen LogP contribution is -2.54. The summed E-state index contributed by atoms with van der Waals surface area (Å²) in [6.07, 6.45) is 2.53. The number of carbonyl (C=O) groups excluding carboxylic acids is 2. The molecule has 3 heterocycles. The minimum Gasteiger partial charge on any atom is -0.351 e. The fourth-order valence-electron chi connectivity index (χ4n) is 4.95. The van der Waals surface area contributed by atoms with E-state index in [0.717, 1.165) is 10.9 Å². The van der Waals surface area contributed by atoms with Gasteiger partial charge in [-0.3, -0.25) is 18.7 Å². The Morgan fingerprint density at radius 2 is 2.02 bits per heavy atom. The molecule has 1 aromatic carbocycles. The number of nitrogens with two attached hydrogens (primary N) is 1. The summed E-state index contributed by atoms with van der Waals surface area (Å²) in [7, 11) is 0. The molecule has 2 amide bonds. The molecule has 1 atom stereocenters. The number of alkyl halides is 3. The summed E-state index contributed by atoms with van der Waals surface area (Å²) in [6.45, 7) is 3.16. The average molecular weight is 595 g/mol. The van der Waals surface area contributed by atoms with Crippen molar-refractivity contribution in [3.8, 4) is 17.3 Å². The van der Waals surface area contributed by atoms with Gasteiger partial charge >= 0.3 is 6.18 Å². The summed E-state index contributed by atoms with van der Waals surface area (Å²) in [4.78, 5) is 34.1. The van der Waals surface area contributed by atoms with Crippen molar-refractivity contribution >= 4 is 29.0 Å². The Balaban J connectivity index is 1.36. The Hall–Kier alpha value is -4.97. The SMILES string of the molecule is CCc1cc(Nc2nccn3c(-c4cn(CC#N)nc4C(F)(F)F)cnc23)ccc1C(=O)NC(C)C(=O)NC1CC(N)C1. The fraction of sp³-hybridized carbons (Fsp3) is 0.357. The molecule has 224 valence electrons. The lowest BCUT2D eigenvalue weighted by Gasteiger charge is -2.33. The van der Waals surface area contributed by atoms with Crippen LogP contribution in [0.15, 0.2) is 43.0 Å². The van der Waals surface area contributed by atoms with Crippen LogP contribution in [0.4, 0.5) is 24.7 Å². The quantitative estimate of drug-likeness (QED) is 0.229. The molecule has 1 unspecified atom stereocenters. The Morgan fingerprint density at radius 3 is 2.70 bits per heavy atom. The van der Waals surface area contributed by atoms with Gasteiger partial charge in [-0.2, -0.15) is 23.5 Å². The number of fused-ring (bicyclic) bond motifs is 1. The van der Waals surface area contributed by atoms with E-state index in [-0.39, 0.29) is 47.3 Å². The van der Waals surface area contributed by atoms with Gasteiger partial charge in [0.2, 0.25) is 5.91 Å². The fourth-order valence-corrected chi connectivity index (χ4v) is 4.95. The van der Waals surface area contributed by atoms with Gasteiger partial charge in [0.15, 0.2) is 17.2 Å². The Morgan fingerprint density at radius 1 is 1.26 bits per heavy atom. The van der Waals surface area contributed by atoms with Gasteiger partial charge in [-0.15, -0.1) is 0 Å². The highest BCUT2D eigenvalue weighted by atomic mass is 19.4. The van der Waals surface area contributed by atoms with Crippen molar-refractivity contribution in [3.63, 3.8) is 0 Å². The summed E-state index contributed by atoms with van der Waals surface area (Å²) >= 11 is 0. The molecule has 4 aromatic rings. The highest BCUT2D eigenvalue weighted by Crippen LogP contribution is 2.37. The number of nitrogens with one attached hydrogen (secondary N) is 3. The van der Waals surface area contributed by atoms with Crippen LogP contribution in [0, 0.1) is 11.3 Å². The summed E-state index contributed by atoms with van der Waals surface area (Å²) in [5, 5.41) is 21.2. The highest BCUT2D eigenvalue weighted by molar-refractivity contribution is 5.99. The number of nitriles is 1. The van der Waals surface area contributed by atoms with Crippen LogP contribution < -0.4 is 21.7 Å². The number of aryl methyl sites for hydroxylation is 1. The first-order valence-corrected chi connectivity index (χ1v) is 13.6. The van der Waals surface area contributed by atoms with Crippen molar-refractivity contribution < 1.29 is 22.8 Å². The lowest BCUT2D eigenvalue weighted by molar-refractivity contribution is -0.141. The van der Waals surface area contributed by atoms with Crippen molar-refractivity contribution in [1.29, 1.82) is 5.26 Å². The Bertz CT molecular complexity index is 1720. The van der Waals surface area contributed by atoms with E-state index in [2.05, 4.69) is 31.0 Å². The number of benzene rings is 1. The van der Waals surface area contributed by atoms with E-state index in [1.54, 1.807) is 31.2 Å². The maximum absolute atomic E-state index is 13.7. The number of anilines is 2. The largest absolute Gasteiger partial charge is 0.435 e. The number of carbonyl (C=O) groups is 2. The number of aromatic nitrogens is 5. The van der Waals surface area contributed by atoms with E-state index in [1.165, 1.54) is 23.0 Å². The van der Waals surface area contributed by atoms with Crippen molar-refractivity contribution in [1.82, 2.24) is 34.8 Å². The minimum absolute atomic E-state index is 0.0237. The molecule has 12 nitrogen and oxygen atoms in total. The van der Waals surface area contributed by atoms with E-state index < -0.39 is 23.8 Å². The predicted octanol–water partition coefficient (Wildman–Crippen LogP) is 3.17. The molecular formula is C28H29F3N10O2. The number of rotatable bonds is 9. The van der Waals surface area contributed by atoms with Crippen LogP contribution in [-0.2, 0) is 23.9 Å². The molecule has 15 heteroatoms. The van der Waals surface area contributed by atoms with Crippen LogP contribution in [0.5, 0.6) is 0 Å². The van der Waals surface area contributed by atoms with Crippen LogP contribution in [-0.4, -0.2) is 54.1 Å². The number of hydrogen-bond donors (Lipinski definition) is 4. The zero-order valence-corrected chi connectivity index (χ0v) is 23.3. The second-order valence-electron chi connectivity index (χ2n) is 10.3. The molecule has 0 bridgehead atoms. The molecule has 0 saturated heterocycles. The predicted molar refractivity (Wildman–Crippen MR) is 150 cm³/mol. The summed E-state index contributed by atoms with van der Waals surface area (Å²) in [5.74, 6) is -0.404. The molecule has 5 rings (SSSR count). The third kappa shape index (κ3) is 6.14. The van der Waals surface area contributed by atoms with Gasteiger partial charge in [-0.05, 0) is 49.9 Å². The Labute approximate surface area is 244 Å². The second kappa shape index (κ2) is 11.7. The number of amides is 2. The summed E-state index contributed by atoms with van der Waals surface area (Å²) in [5.41, 5.74) is 6.47. The van der Waals surface area contributed by atoms with Crippen LogP contribution >= 0.6 is 0 Å². The molecule has 0 spiro atoms. The molecule has 1 saturated carbocycles. The van der Waals surface area contributed by atoms with Gasteiger partial charge in [0.25, 0.3) is 5.91 Å². The summed E-state index contributed by atoms with van der Waals surface area (Å²) < 4.78 is 43.6. The first kappa shape index (κ1) is 29.5. The van der Waals surface area contributed by atoms with Crippen LogP contribution in [0.25, 0.3) is 16.9 Å². The Kier molecular flexibility index (Phi) is 8.05. The van der Waals surface area contributed by atoms with Gasteiger partial charge in [-0.1, -0.05) is 6.92 Å². The number of halogens is 3. The lowest BCUT2D eigenvalue weighted by atomic mass is 9.87. The average Bonchev–Trinajstić information content (AvgIpc) is 3.57. The van der Waals surface area contributed by atoms with Crippen LogP contribution in [0.3, 0.4) is 0 Å². The normalized spacial score (nSPS) is 17.1. The molecule has 1 aliphatic rings. The zero-order chi connectivity index (χ0) is 30.9. The number of nitrogens with zero attached hydrogens (tertiary/aromatic N) is 6. The number of imidazole rings is 1. The van der Waals surface area contributed by atoms with Gasteiger partial charge < -0.3 is 21.7 Å². The van der Waals surface area contributed by atoms with Gasteiger partial charge in [0.1, 0.15) is 12.6 Å². The van der Waals surface area contributed by atoms with E-state index in [9.17, 15) is 22.8 Å². The van der Waals surface area contributed by atoms with Gasteiger partial charge in [0.05, 0.1) is 23.5 Å². The van der Waals surface area contributed by atoms with Crippen molar-refractivity contribution in [3.05, 3.63) is 59.8 Å². The van der Waals surface area contributed by atoms with E-state index in [4.69, 9.17) is 11.0 Å². The molecule has 1 aliphatic carbocycles. The molecule has 5 N–H and O–H groups in total. The van der Waals surface area contributed by atoms with Crippen molar-refractivity contribution in [2.75, 3.05) is 5.32 Å². The molecule has 1 fully saturated rings. The van der Waals surface area contributed by atoms with Crippen LogP contribution in [0.2, 0.25) is 0 Å². The topological polar surface area (TPSA) is 168 Å². The standard InChI is InChI=1S/C28H29F3N10O2/c1-3-16-10-18(4-5-20(16)27(43)36-15(2)26(42)38-19-11-17(33)12-19)37-24-25-35-13-22(41(25)9-7-34-24)21-14-40(8-6-32)39-23(21)28(29,30)31/h4-5,7,9-10,13-15,17,19H,3,8,11-12,33H2,1-2H3,(H,34,37)(H,36,43)(H,38,42). The van der Waals surface area contributed by atoms with Crippen LogP contribution in [0.1, 0.15) is 48.3 Å². The number of hydrogen-bond acceptors (Lipinski definition) is 8. The van der Waals surface area contributed by atoms with Crippen molar-refractivity contribution in [2.45, 2.75) is 64.0 Å². The van der Waals surface area contributed by atoms with E-state index >= 15 is 0 Å². The first-order valence-electron chi connectivity index (χ1n) is 13.6. The molecule has 43 heavy (non-hydrogen) atoms. The zero-order valence-electron chi connectivity index (χ0n) is 23.3. The monoisotopic (exact) mass is 594 g/mol. The highest BCUT2D eigenvalue weighted by Gasteiger charge is 2.38. The molecule has 0 radical (unpaired) electrons. The summed E-state index contributed by atoms with van der Waals surface area (Å²) in [6, 6.07) is 6.21. The van der Waals surface area contributed by atoms with E-state index in [1.807, 2.05) is 6.92 Å².